The Morgan fingerprint density at radius 3 is 1.90 bits per heavy atom. The fraction of sp³-hybridized carbons (Fsp3) is 0.176. The van der Waals surface area contributed by atoms with Crippen LogP contribution in [0.25, 0.3) is 0 Å². The topological polar surface area (TPSA) is 90.0 Å². The normalized spacial score (nSPS) is 14.8. The molecule has 0 saturated carbocycles. The molecule has 0 fully saturated rings. The van der Waals surface area contributed by atoms with Crippen molar-refractivity contribution >= 4 is 46.4 Å². The van der Waals surface area contributed by atoms with E-state index in [1.54, 1.807) is 65.6 Å². The molecule has 4 amide bonds. The molecule has 0 saturated heterocycles. The lowest BCUT2D eigenvalue weighted by atomic mass is 10.1. The highest BCUT2D eigenvalue weighted by Gasteiger charge is 2.42. The van der Waals surface area contributed by atoms with Crippen molar-refractivity contribution in [3.05, 3.63) is 121 Å². The zero-order chi connectivity index (χ0) is 29.6. The van der Waals surface area contributed by atoms with Gasteiger partial charge in [0.15, 0.2) is 6.04 Å². The van der Waals surface area contributed by atoms with Crippen molar-refractivity contribution in [1.29, 1.82) is 0 Å². The molecule has 4 aromatic carbocycles. The van der Waals surface area contributed by atoms with Gasteiger partial charge in [-0.2, -0.15) is 0 Å². The molecule has 0 aliphatic carbocycles. The number of benzene rings is 4. The molecule has 1 heterocycles. The van der Waals surface area contributed by atoms with E-state index in [2.05, 4.69) is 5.32 Å². The summed E-state index contributed by atoms with van der Waals surface area (Å²) in [6.45, 7) is 3.47. The number of fused-ring (bicyclic) bond motifs is 1. The number of amides is 4. The van der Waals surface area contributed by atoms with Crippen LogP contribution >= 0.6 is 0 Å². The van der Waals surface area contributed by atoms with Crippen molar-refractivity contribution in [2.24, 2.45) is 0 Å². The fourth-order valence-electron chi connectivity index (χ4n) is 5.16. The highest BCUT2D eigenvalue weighted by Crippen LogP contribution is 2.38. The Morgan fingerprint density at radius 1 is 0.738 bits per heavy atom. The summed E-state index contributed by atoms with van der Waals surface area (Å²) < 4.78 is 0. The van der Waals surface area contributed by atoms with E-state index in [0.29, 0.717) is 22.7 Å². The molecule has 1 aliphatic heterocycles. The zero-order valence-electron chi connectivity index (χ0n) is 23.5. The van der Waals surface area contributed by atoms with Crippen LogP contribution in [0.5, 0.6) is 0 Å². The number of hydrogen-bond acceptors (Lipinski definition) is 4. The van der Waals surface area contributed by atoms with Crippen molar-refractivity contribution < 1.29 is 19.2 Å². The van der Waals surface area contributed by atoms with E-state index in [0.717, 1.165) is 5.56 Å². The van der Waals surface area contributed by atoms with Gasteiger partial charge in [0.2, 0.25) is 11.8 Å². The summed E-state index contributed by atoms with van der Waals surface area (Å²) in [6.07, 6.45) is -0.00967. The Balaban J connectivity index is 1.56. The van der Waals surface area contributed by atoms with Crippen LogP contribution < -0.4 is 20.0 Å². The number of rotatable bonds is 8. The molecule has 8 nitrogen and oxygen atoms in total. The lowest BCUT2D eigenvalue weighted by Gasteiger charge is -2.31. The van der Waals surface area contributed by atoms with E-state index < -0.39 is 23.8 Å². The van der Waals surface area contributed by atoms with Crippen molar-refractivity contribution in [2.75, 3.05) is 21.2 Å². The van der Waals surface area contributed by atoms with Gasteiger partial charge in [0.05, 0.1) is 17.8 Å². The first kappa shape index (κ1) is 28.3. The molecule has 5 rings (SSSR count). The van der Waals surface area contributed by atoms with Gasteiger partial charge >= 0.3 is 0 Å². The Morgan fingerprint density at radius 2 is 1.29 bits per heavy atom. The average molecular weight is 561 g/mol. The third-order valence-electron chi connectivity index (χ3n) is 7.03. The molecule has 42 heavy (non-hydrogen) atoms. The molecular weight excluding hydrogens is 528 g/mol. The molecule has 4 aromatic rings. The van der Waals surface area contributed by atoms with E-state index >= 15 is 0 Å². The van der Waals surface area contributed by atoms with Gasteiger partial charge in [-0.15, -0.1) is 0 Å². The summed E-state index contributed by atoms with van der Waals surface area (Å²) in [4.78, 5) is 59.8. The average Bonchev–Trinajstić information content (AvgIpc) is 3.07. The monoisotopic (exact) mass is 560 g/mol. The molecule has 0 aromatic heterocycles. The van der Waals surface area contributed by atoms with E-state index in [9.17, 15) is 19.2 Å². The number of para-hydroxylation sites is 4. The molecular formula is C34H32N4O4. The molecule has 0 radical (unpaired) electrons. The predicted molar refractivity (Wildman–Crippen MR) is 164 cm³/mol. The van der Waals surface area contributed by atoms with Crippen LogP contribution in [0.3, 0.4) is 0 Å². The van der Waals surface area contributed by atoms with Crippen molar-refractivity contribution in [3.8, 4) is 0 Å². The summed E-state index contributed by atoms with van der Waals surface area (Å²) in [6, 6.07) is 32.5. The summed E-state index contributed by atoms with van der Waals surface area (Å²) in [5.41, 5.74) is 2.80. The zero-order valence-corrected chi connectivity index (χ0v) is 23.5. The number of carbonyl (C=O) groups excluding carboxylic acids is 4. The van der Waals surface area contributed by atoms with Crippen LogP contribution in [-0.4, -0.2) is 42.3 Å². The standard InChI is InChI=1S/C34H32N4O4/c1-24(2)37(26-16-8-4-9-17-26)31(40)23-36-28-20-12-13-21-29(28)38(27-18-10-5-11-19-27)34(42)32(33(36)41)35-30(39)22-25-14-6-3-7-15-25/h3-21,24,32H,22-23H2,1-2H3,(H,35,39). The minimum atomic E-state index is -1.55. The first-order valence-electron chi connectivity index (χ1n) is 13.8. The quantitative estimate of drug-likeness (QED) is 0.312. The Hall–Kier alpha value is -5.24. The molecule has 212 valence electrons. The minimum Gasteiger partial charge on any atom is -0.336 e. The minimum absolute atomic E-state index is 0.00967. The van der Waals surface area contributed by atoms with Gasteiger partial charge in [-0.3, -0.25) is 29.0 Å². The number of hydrogen-bond donors (Lipinski definition) is 1. The number of carbonyl (C=O) groups is 4. The first-order chi connectivity index (χ1) is 20.3. The van der Waals surface area contributed by atoms with Crippen molar-refractivity contribution in [1.82, 2.24) is 5.32 Å². The molecule has 1 unspecified atom stereocenters. The van der Waals surface area contributed by atoms with Crippen molar-refractivity contribution in [2.45, 2.75) is 32.4 Å². The lowest BCUT2D eigenvalue weighted by Crippen LogP contribution is -2.56. The maximum absolute atomic E-state index is 14.2. The SMILES string of the molecule is CC(C)N(C(=O)CN1C(=O)C(NC(=O)Cc2ccccc2)C(=O)N(c2ccccc2)c2ccccc21)c1ccccc1. The second-order valence-electron chi connectivity index (χ2n) is 10.3. The summed E-state index contributed by atoms with van der Waals surface area (Å²) in [7, 11) is 0. The summed E-state index contributed by atoms with van der Waals surface area (Å²) in [5.74, 6) is -2.10. The highest BCUT2D eigenvalue weighted by atomic mass is 16.2. The van der Waals surface area contributed by atoms with Crippen LogP contribution in [0.1, 0.15) is 19.4 Å². The molecule has 1 aliphatic rings. The Kier molecular flexibility index (Phi) is 8.43. The summed E-state index contributed by atoms with van der Waals surface area (Å²) in [5, 5.41) is 2.68. The maximum atomic E-state index is 14.2. The Bertz CT molecular complexity index is 1580. The third-order valence-corrected chi connectivity index (χ3v) is 7.03. The second-order valence-corrected chi connectivity index (χ2v) is 10.3. The molecule has 0 bridgehead atoms. The lowest BCUT2D eigenvalue weighted by molar-refractivity contribution is -0.134. The molecule has 1 N–H and O–H groups in total. The fourth-order valence-corrected chi connectivity index (χ4v) is 5.16. The van der Waals surface area contributed by atoms with Crippen LogP contribution in [0.15, 0.2) is 115 Å². The number of nitrogens with one attached hydrogen (secondary N) is 1. The van der Waals surface area contributed by atoms with Gasteiger partial charge < -0.3 is 10.2 Å². The van der Waals surface area contributed by atoms with Gasteiger partial charge in [0, 0.05) is 17.4 Å². The van der Waals surface area contributed by atoms with Gasteiger partial charge in [-0.25, -0.2) is 0 Å². The highest BCUT2D eigenvalue weighted by molar-refractivity contribution is 6.24. The number of anilines is 4. The van der Waals surface area contributed by atoms with Gasteiger partial charge in [0.25, 0.3) is 11.8 Å². The third kappa shape index (κ3) is 5.93. The van der Waals surface area contributed by atoms with E-state index in [-0.39, 0.29) is 24.9 Å². The van der Waals surface area contributed by atoms with E-state index in [1.165, 1.54) is 9.80 Å². The Labute approximate surface area is 245 Å². The second kappa shape index (κ2) is 12.5. The number of nitrogens with zero attached hydrogens (tertiary/aromatic N) is 3. The largest absolute Gasteiger partial charge is 0.336 e. The van der Waals surface area contributed by atoms with Crippen LogP contribution in [0, 0.1) is 0 Å². The smallest absolute Gasteiger partial charge is 0.264 e. The first-order valence-corrected chi connectivity index (χ1v) is 13.8. The van der Waals surface area contributed by atoms with Gasteiger partial charge in [-0.05, 0) is 55.8 Å². The van der Waals surface area contributed by atoms with Crippen LogP contribution in [0.4, 0.5) is 22.7 Å². The van der Waals surface area contributed by atoms with Gasteiger partial charge in [0.1, 0.15) is 6.54 Å². The van der Waals surface area contributed by atoms with E-state index in [4.69, 9.17) is 0 Å². The molecule has 0 spiro atoms. The predicted octanol–water partition coefficient (Wildman–Crippen LogP) is 4.87. The van der Waals surface area contributed by atoms with Gasteiger partial charge in [-0.1, -0.05) is 78.9 Å². The summed E-state index contributed by atoms with van der Waals surface area (Å²) >= 11 is 0. The molecule has 8 heteroatoms. The van der Waals surface area contributed by atoms with Crippen LogP contribution in [-0.2, 0) is 25.6 Å². The van der Waals surface area contributed by atoms with E-state index in [1.807, 2.05) is 68.4 Å². The van der Waals surface area contributed by atoms with Crippen molar-refractivity contribution in [3.63, 3.8) is 0 Å². The van der Waals surface area contributed by atoms with Crippen LogP contribution in [0.2, 0.25) is 0 Å². The molecule has 1 atom stereocenters. The maximum Gasteiger partial charge on any atom is 0.264 e.